The third-order valence-electron chi connectivity index (χ3n) is 2.95. The van der Waals surface area contributed by atoms with Crippen molar-refractivity contribution in [2.75, 3.05) is 12.8 Å². The molecule has 4 nitrogen and oxygen atoms in total. The van der Waals surface area contributed by atoms with E-state index in [1.54, 1.807) is 7.11 Å². The summed E-state index contributed by atoms with van der Waals surface area (Å²) >= 11 is 0. The Morgan fingerprint density at radius 3 is 2.68 bits per heavy atom. The molecule has 0 radical (unpaired) electrons. The molecule has 5 heteroatoms. The highest BCUT2D eigenvalue weighted by molar-refractivity contribution is 5.52. The molecular weight excluding hydrogens is 245 g/mol. The first-order chi connectivity index (χ1) is 9.15. The van der Waals surface area contributed by atoms with E-state index in [4.69, 9.17) is 16.3 Å². The fourth-order valence-electron chi connectivity index (χ4n) is 1.98. The Morgan fingerprint density at radius 1 is 1.21 bits per heavy atom. The van der Waals surface area contributed by atoms with Crippen molar-refractivity contribution in [3.63, 3.8) is 0 Å². The molecule has 0 spiro atoms. The van der Waals surface area contributed by atoms with Crippen LogP contribution in [0.3, 0.4) is 0 Å². The minimum Gasteiger partial charge on any atom is -0.497 e. The van der Waals surface area contributed by atoms with Crippen molar-refractivity contribution in [3.05, 3.63) is 59.4 Å². The van der Waals surface area contributed by atoms with E-state index in [1.807, 2.05) is 24.3 Å². The molecule has 0 fully saturated rings. The second kappa shape index (κ2) is 5.69. The molecule has 1 atom stereocenters. The average molecular weight is 261 g/mol. The lowest BCUT2D eigenvalue weighted by Crippen LogP contribution is -2.29. The second-order valence-electron chi connectivity index (χ2n) is 4.15. The average Bonchev–Trinajstić information content (AvgIpc) is 2.44. The Labute approximate surface area is 111 Å². The third-order valence-corrected chi connectivity index (χ3v) is 2.95. The maximum atomic E-state index is 13.4. The summed E-state index contributed by atoms with van der Waals surface area (Å²) in [6.07, 6.45) is 0. The van der Waals surface area contributed by atoms with Crippen LogP contribution in [0.15, 0.2) is 42.5 Å². The van der Waals surface area contributed by atoms with Gasteiger partial charge in [0.15, 0.2) is 0 Å². The highest BCUT2D eigenvalue weighted by Crippen LogP contribution is 2.28. The van der Waals surface area contributed by atoms with Crippen molar-refractivity contribution in [3.8, 4) is 5.75 Å². The van der Waals surface area contributed by atoms with E-state index in [9.17, 15) is 4.39 Å². The maximum Gasteiger partial charge on any atom is 0.123 e. The molecule has 0 bridgehead atoms. The number of hydrazine groups is 1. The van der Waals surface area contributed by atoms with E-state index in [0.717, 1.165) is 5.56 Å². The standard InChI is InChI=1S/C14H16FN3O/c1-19-11-4-2-3-9(7-11)14(18-17)12-8-10(15)5-6-13(12)16/h2-8,14,18H,16-17H2,1H3. The summed E-state index contributed by atoms with van der Waals surface area (Å²) in [4.78, 5) is 0. The van der Waals surface area contributed by atoms with Gasteiger partial charge in [0.1, 0.15) is 11.6 Å². The zero-order valence-corrected chi connectivity index (χ0v) is 10.6. The van der Waals surface area contributed by atoms with Gasteiger partial charge in [0.2, 0.25) is 0 Å². The number of rotatable bonds is 4. The van der Waals surface area contributed by atoms with E-state index in [2.05, 4.69) is 5.43 Å². The molecular formula is C14H16FN3O. The fourth-order valence-corrected chi connectivity index (χ4v) is 1.98. The Hall–Kier alpha value is -2.11. The molecule has 0 aromatic heterocycles. The maximum absolute atomic E-state index is 13.4. The minimum absolute atomic E-state index is 0.354. The number of methoxy groups -OCH3 is 1. The predicted molar refractivity (Wildman–Crippen MR) is 73.0 cm³/mol. The van der Waals surface area contributed by atoms with Crippen LogP contribution in [0, 0.1) is 5.82 Å². The van der Waals surface area contributed by atoms with Gasteiger partial charge in [-0.15, -0.1) is 0 Å². The number of halogens is 1. The highest BCUT2D eigenvalue weighted by atomic mass is 19.1. The number of hydrogen-bond donors (Lipinski definition) is 3. The van der Waals surface area contributed by atoms with Crippen LogP contribution in [0.5, 0.6) is 5.75 Å². The summed E-state index contributed by atoms with van der Waals surface area (Å²) in [6, 6.07) is 11.2. The van der Waals surface area contributed by atoms with Gasteiger partial charge in [-0.25, -0.2) is 9.82 Å². The lowest BCUT2D eigenvalue weighted by atomic mass is 9.97. The van der Waals surface area contributed by atoms with Crippen LogP contribution in [-0.2, 0) is 0 Å². The summed E-state index contributed by atoms with van der Waals surface area (Å²) in [7, 11) is 1.58. The molecule has 0 amide bonds. The van der Waals surface area contributed by atoms with Crippen molar-refractivity contribution in [2.24, 2.45) is 5.84 Å². The summed E-state index contributed by atoms with van der Waals surface area (Å²) < 4.78 is 18.5. The molecule has 100 valence electrons. The summed E-state index contributed by atoms with van der Waals surface area (Å²) in [5.74, 6) is 5.93. The van der Waals surface area contributed by atoms with E-state index in [1.165, 1.54) is 18.2 Å². The van der Waals surface area contributed by atoms with Gasteiger partial charge in [0.25, 0.3) is 0 Å². The van der Waals surface area contributed by atoms with Crippen molar-refractivity contribution in [2.45, 2.75) is 6.04 Å². The molecule has 0 aliphatic heterocycles. The number of anilines is 1. The lowest BCUT2D eigenvalue weighted by Gasteiger charge is -2.19. The van der Waals surface area contributed by atoms with Gasteiger partial charge >= 0.3 is 0 Å². The predicted octanol–water partition coefficient (Wildman–Crippen LogP) is 1.97. The number of nitrogens with two attached hydrogens (primary N) is 2. The number of hydrogen-bond acceptors (Lipinski definition) is 4. The number of nitrogens with one attached hydrogen (secondary N) is 1. The zero-order chi connectivity index (χ0) is 13.8. The number of nitrogen functional groups attached to an aromatic ring is 1. The van der Waals surface area contributed by atoms with Gasteiger partial charge in [0.05, 0.1) is 13.2 Å². The Bertz CT molecular complexity index is 574. The van der Waals surface area contributed by atoms with Crippen molar-refractivity contribution in [1.82, 2.24) is 5.43 Å². The smallest absolute Gasteiger partial charge is 0.123 e. The van der Waals surface area contributed by atoms with Crippen LogP contribution in [0.2, 0.25) is 0 Å². The highest BCUT2D eigenvalue weighted by Gasteiger charge is 2.16. The Balaban J connectivity index is 2.46. The van der Waals surface area contributed by atoms with Crippen molar-refractivity contribution < 1.29 is 9.13 Å². The van der Waals surface area contributed by atoms with Gasteiger partial charge in [-0.1, -0.05) is 12.1 Å². The summed E-state index contributed by atoms with van der Waals surface area (Å²) in [5.41, 5.74) is 10.5. The van der Waals surface area contributed by atoms with E-state index < -0.39 is 6.04 Å². The third kappa shape index (κ3) is 2.83. The first kappa shape index (κ1) is 13.3. The van der Waals surface area contributed by atoms with Crippen LogP contribution in [0.25, 0.3) is 0 Å². The van der Waals surface area contributed by atoms with E-state index >= 15 is 0 Å². The zero-order valence-electron chi connectivity index (χ0n) is 10.6. The molecule has 0 heterocycles. The molecule has 0 saturated heterocycles. The van der Waals surface area contributed by atoms with Crippen LogP contribution >= 0.6 is 0 Å². The molecule has 19 heavy (non-hydrogen) atoms. The SMILES string of the molecule is COc1cccc(C(NN)c2cc(F)ccc2N)c1. The second-order valence-corrected chi connectivity index (χ2v) is 4.15. The first-order valence-electron chi connectivity index (χ1n) is 5.80. The molecule has 2 aromatic carbocycles. The van der Waals surface area contributed by atoms with Gasteiger partial charge in [-0.3, -0.25) is 5.84 Å². The molecule has 2 aromatic rings. The summed E-state index contributed by atoms with van der Waals surface area (Å²) in [6.45, 7) is 0. The van der Waals surface area contributed by atoms with Gasteiger partial charge < -0.3 is 10.5 Å². The largest absolute Gasteiger partial charge is 0.497 e. The Morgan fingerprint density at radius 2 is 2.00 bits per heavy atom. The van der Waals surface area contributed by atoms with Gasteiger partial charge in [-0.05, 0) is 35.9 Å². The van der Waals surface area contributed by atoms with Crippen molar-refractivity contribution >= 4 is 5.69 Å². The molecule has 5 N–H and O–H groups in total. The fraction of sp³-hybridized carbons (Fsp3) is 0.143. The van der Waals surface area contributed by atoms with Crippen LogP contribution in [0.1, 0.15) is 17.2 Å². The molecule has 1 unspecified atom stereocenters. The van der Waals surface area contributed by atoms with E-state index in [-0.39, 0.29) is 5.82 Å². The molecule has 0 aliphatic carbocycles. The first-order valence-corrected chi connectivity index (χ1v) is 5.80. The van der Waals surface area contributed by atoms with E-state index in [0.29, 0.717) is 17.0 Å². The molecule has 2 rings (SSSR count). The number of ether oxygens (including phenoxy) is 1. The van der Waals surface area contributed by atoms with Crippen LogP contribution in [-0.4, -0.2) is 7.11 Å². The molecule has 0 saturated carbocycles. The van der Waals surface area contributed by atoms with Crippen molar-refractivity contribution in [1.29, 1.82) is 0 Å². The van der Waals surface area contributed by atoms with Gasteiger partial charge in [-0.2, -0.15) is 0 Å². The minimum atomic E-state index is -0.397. The topological polar surface area (TPSA) is 73.3 Å². The van der Waals surface area contributed by atoms with Crippen LogP contribution < -0.4 is 21.7 Å². The van der Waals surface area contributed by atoms with Crippen LogP contribution in [0.4, 0.5) is 10.1 Å². The number of benzene rings is 2. The molecule has 0 aliphatic rings. The normalized spacial score (nSPS) is 12.2. The lowest BCUT2D eigenvalue weighted by molar-refractivity contribution is 0.413. The monoisotopic (exact) mass is 261 g/mol. The summed E-state index contributed by atoms with van der Waals surface area (Å²) in [5, 5.41) is 0. The van der Waals surface area contributed by atoms with Gasteiger partial charge in [0, 0.05) is 11.3 Å². The Kier molecular flexibility index (Phi) is 3.99. The quantitative estimate of drug-likeness (QED) is 0.447.